The molecule has 7 nitrogen and oxygen atoms in total. The molecule has 2 saturated heterocycles. The molecule has 35 heavy (non-hydrogen) atoms. The second-order valence-electron chi connectivity index (χ2n) is 9.21. The van der Waals surface area contributed by atoms with E-state index < -0.39 is 0 Å². The normalized spacial score (nSPS) is 21.8. The molecule has 8 heteroatoms. The largest absolute Gasteiger partial charge is 0.376 e. The number of carbonyl (C=O) groups is 1. The number of benzene rings is 1. The van der Waals surface area contributed by atoms with Crippen molar-refractivity contribution in [2.75, 3.05) is 18.5 Å². The summed E-state index contributed by atoms with van der Waals surface area (Å²) >= 11 is 5.78. The monoisotopic (exact) mass is 489 g/mol. The molecular weight excluding hydrogens is 458 g/mol. The van der Waals surface area contributed by atoms with Gasteiger partial charge in [-0.15, -0.1) is 0 Å². The Balaban J connectivity index is 1.37. The first-order chi connectivity index (χ1) is 17.1. The van der Waals surface area contributed by atoms with Crippen molar-refractivity contribution >= 4 is 28.9 Å². The maximum Gasteiger partial charge on any atom is 0.226 e. The first-order valence-corrected chi connectivity index (χ1v) is 12.6. The fourth-order valence-corrected chi connectivity index (χ4v) is 5.34. The van der Waals surface area contributed by atoms with Crippen LogP contribution in [0.3, 0.4) is 0 Å². The number of thiocarbonyl (C=S) groups is 1. The molecule has 0 radical (unpaired) electrons. The standard InChI is InChI=1S/C27H31N5O2S/c1-19-7-4-8-20(17-19)29-24(33)12-15-32-26(25(30-27(32)35)22-10-2-3-13-28-22)23-11-5-14-31(23)18-21-9-6-16-34-21/h2-5,7-8,10-11,13-14,17,21,25-26H,6,9,12,15-16,18H2,1H3,(H,29,33)(H,30,35)/t21-,25-,26-/m1/s1. The Labute approximate surface area is 211 Å². The Morgan fingerprint density at radius 3 is 2.91 bits per heavy atom. The Bertz CT molecular complexity index is 1180. The van der Waals surface area contributed by atoms with Crippen LogP contribution in [0.4, 0.5) is 5.69 Å². The molecule has 182 valence electrons. The van der Waals surface area contributed by atoms with Crippen LogP contribution in [0.25, 0.3) is 0 Å². The van der Waals surface area contributed by atoms with E-state index in [0.29, 0.717) is 18.1 Å². The summed E-state index contributed by atoms with van der Waals surface area (Å²) in [5.41, 5.74) is 3.99. The predicted molar refractivity (Wildman–Crippen MR) is 140 cm³/mol. The van der Waals surface area contributed by atoms with Crippen molar-refractivity contribution < 1.29 is 9.53 Å². The molecular formula is C27H31N5O2S. The second kappa shape index (κ2) is 10.6. The smallest absolute Gasteiger partial charge is 0.226 e. The number of nitrogens with one attached hydrogen (secondary N) is 2. The Hall–Kier alpha value is -3.23. The number of rotatable bonds is 8. The lowest BCUT2D eigenvalue weighted by atomic mass is 10.0. The highest BCUT2D eigenvalue weighted by Crippen LogP contribution is 2.39. The maximum absolute atomic E-state index is 12.8. The summed E-state index contributed by atoms with van der Waals surface area (Å²) < 4.78 is 8.18. The van der Waals surface area contributed by atoms with Crippen LogP contribution in [0, 0.1) is 6.92 Å². The van der Waals surface area contributed by atoms with Gasteiger partial charge in [-0.3, -0.25) is 9.78 Å². The molecule has 0 aliphatic carbocycles. The van der Waals surface area contributed by atoms with E-state index in [4.69, 9.17) is 17.0 Å². The first-order valence-electron chi connectivity index (χ1n) is 12.2. The number of amides is 1. The third-order valence-corrected chi connectivity index (χ3v) is 7.02. The van der Waals surface area contributed by atoms with E-state index in [1.807, 2.05) is 49.4 Å². The molecule has 3 aromatic rings. The number of aromatic nitrogens is 2. The van der Waals surface area contributed by atoms with E-state index in [0.717, 1.165) is 48.6 Å². The van der Waals surface area contributed by atoms with Gasteiger partial charge in [0.05, 0.1) is 23.9 Å². The average molecular weight is 490 g/mol. The summed E-state index contributed by atoms with van der Waals surface area (Å²) in [5.74, 6) is -0.0341. The number of hydrogen-bond acceptors (Lipinski definition) is 4. The molecule has 3 atom stereocenters. The van der Waals surface area contributed by atoms with Gasteiger partial charge in [-0.25, -0.2) is 0 Å². The number of ether oxygens (including phenoxy) is 1. The third kappa shape index (κ3) is 5.39. The molecule has 2 aliphatic rings. The Morgan fingerprint density at radius 1 is 1.23 bits per heavy atom. The minimum absolute atomic E-state index is 0.0341. The highest BCUT2D eigenvalue weighted by molar-refractivity contribution is 7.80. The highest BCUT2D eigenvalue weighted by atomic mass is 32.1. The summed E-state index contributed by atoms with van der Waals surface area (Å²) in [6.07, 6.45) is 6.65. The minimum atomic E-state index is -0.110. The molecule has 0 spiro atoms. The maximum atomic E-state index is 12.8. The van der Waals surface area contributed by atoms with Crippen LogP contribution in [0.5, 0.6) is 0 Å². The van der Waals surface area contributed by atoms with E-state index in [-0.39, 0.29) is 24.1 Å². The zero-order valence-electron chi connectivity index (χ0n) is 19.9. The predicted octanol–water partition coefficient (Wildman–Crippen LogP) is 4.37. The van der Waals surface area contributed by atoms with E-state index in [1.54, 1.807) is 6.20 Å². The lowest BCUT2D eigenvalue weighted by molar-refractivity contribution is -0.116. The summed E-state index contributed by atoms with van der Waals surface area (Å²) in [6.45, 7) is 4.15. The van der Waals surface area contributed by atoms with Crippen LogP contribution in [0.1, 0.15) is 48.3 Å². The number of aryl methyl sites for hydroxylation is 1. The molecule has 2 aliphatic heterocycles. The average Bonchev–Trinajstić information content (AvgIpc) is 3.59. The summed E-state index contributed by atoms with van der Waals surface area (Å²) in [7, 11) is 0. The third-order valence-electron chi connectivity index (χ3n) is 6.67. The van der Waals surface area contributed by atoms with Gasteiger partial charge in [-0.2, -0.15) is 0 Å². The second-order valence-corrected chi connectivity index (χ2v) is 9.59. The van der Waals surface area contributed by atoms with Crippen LogP contribution in [-0.2, 0) is 16.1 Å². The molecule has 4 heterocycles. The van der Waals surface area contributed by atoms with Gasteiger partial charge in [0.25, 0.3) is 0 Å². The Kier molecular flexibility index (Phi) is 7.11. The van der Waals surface area contributed by atoms with Crippen LogP contribution >= 0.6 is 12.2 Å². The summed E-state index contributed by atoms with van der Waals surface area (Å²) in [4.78, 5) is 19.5. The number of pyridine rings is 1. The van der Waals surface area contributed by atoms with Crippen molar-refractivity contribution in [1.82, 2.24) is 19.8 Å². The van der Waals surface area contributed by atoms with Crippen molar-refractivity contribution in [3.05, 3.63) is 83.9 Å². The van der Waals surface area contributed by atoms with Gasteiger partial charge in [0.2, 0.25) is 5.91 Å². The van der Waals surface area contributed by atoms with Crippen molar-refractivity contribution in [2.24, 2.45) is 0 Å². The molecule has 0 saturated carbocycles. The van der Waals surface area contributed by atoms with Gasteiger partial charge >= 0.3 is 0 Å². The molecule has 5 rings (SSSR count). The Morgan fingerprint density at radius 2 is 2.14 bits per heavy atom. The van der Waals surface area contributed by atoms with Gasteiger partial charge in [0.15, 0.2) is 5.11 Å². The van der Waals surface area contributed by atoms with Crippen LogP contribution in [0.2, 0.25) is 0 Å². The van der Waals surface area contributed by atoms with E-state index in [2.05, 4.69) is 43.4 Å². The van der Waals surface area contributed by atoms with Crippen molar-refractivity contribution in [3.8, 4) is 0 Å². The van der Waals surface area contributed by atoms with Gasteiger partial charge < -0.3 is 24.8 Å². The molecule has 0 unspecified atom stereocenters. The SMILES string of the molecule is Cc1cccc(NC(=O)CCN2C(=S)N[C@H](c3ccccn3)[C@H]2c2cccn2C[C@H]2CCCO2)c1. The number of nitrogens with zero attached hydrogens (tertiary/aromatic N) is 3. The molecule has 1 aromatic carbocycles. The van der Waals surface area contributed by atoms with Gasteiger partial charge in [-0.1, -0.05) is 18.2 Å². The summed E-state index contributed by atoms with van der Waals surface area (Å²) in [6, 6.07) is 17.8. The first kappa shape index (κ1) is 23.5. The highest BCUT2D eigenvalue weighted by Gasteiger charge is 2.41. The lowest BCUT2D eigenvalue weighted by Gasteiger charge is -2.29. The van der Waals surface area contributed by atoms with E-state index in [1.165, 1.54) is 0 Å². The fraction of sp³-hybridized carbons (Fsp3) is 0.370. The van der Waals surface area contributed by atoms with Crippen LogP contribution < -0.4 is 10.6 Å². The molecule has 2 N–H and O–H groups in total. The van der Waals surface area contributed by atoms with Gasteiger partial charge in [0, 0.05) is 49.9 Å². The quantitative estimate of drug-likeness (QED) is 0.458. The zero-order chi connectivity index (χ0) is 24.2. The fourth-order valence-electron chi connectivity index (χ4n) is 5.01. The van der Waals surface area contributed by atoms with Gasteiger partial charge in [-0.05, 0) is 73.9 Å². The van der Waals surface area contributed by atoms with E-state index in [9.17, 15) is 4.79 Å². The summed E-state index contributed by atoms with van der Waals surface area (Å²) in [5, 5.41) is 7.13. The molecule has 1 amide bonds. The van der Waals surface area contributed by atoms with E-state index >= 15 is 0 Å². The van der Waals surface area contributed by atoms with Crippen molar-refractivity contribution in [3.63, 3.8) is 0 Å². The molecule has 2 fully saturated rings. The number of hydrogen-bond donors (Lipinski definition) is 2. The lowest BCUT2D eigenvalue weighted by Crippen LogP contribution is -2.33. The minimum Gasteiger partial charge on any atom is -0.376 e. The van der Waals surface area contributed by atoms with Gasteiger partial charge in [0.1, 0.15) is 0 Å². The number of carbonyl (C=O) groups excluding carboxylic acids is 1. The van der Waals surface area contributed by atoms with Crippen molar-refractivity contribution in [1.29, 1.82) is 0 Å². The van der Waals surface area contributed by atoms with Crippen LogP contribution in [-0.4, -0.2) is 44.7 Å². The van der Waals surface area contributed by atoms with Crippen molar-refractivity contribution in [2.45, 2.75) is 50.9 Å². The molecule has 0 bridgehead atoms. The zero-order valence-corrected chi connectivity index (χ0v) is 20.7. The van der Waals surface area contributed by atoms with Crippen LogP contribution in [0.15, 0.2) is 67.0 Å². The molecule has 2 aromatic heterocycles. The number of anilines is 1. The topological polar surface area (TPSA) is 71.4 Å².